The summed E-state index contributed by atoms with van der Waals surface area (Å²) >= 11 is 0. The Labute approximate surface area is 120 Å². The van der Waals surface area contributed by atoms with Gasteiger partial charge in [0, 0.05) is 28.9 Å². The first-order chi connectivity index (χ1) is 9.26. The summed E-state index contributed by atoms with van der Waals surface area (Å²) in [6.45, 7) is 2.16. The highest BCUT2D eigenvalue weighted by Gasteiger charge is 2.28. The van der Waals surface area contributed by atoms with E-state index in [9.17, 15) is 21.4 Å². The van der Waals surface area contributed by atoms with Gasteiger partial charge in [-0.1, -0.05) is 19.1 Å². The first-order valence-corrected chi connectivity index (χ1v) is 9.10. The third-order valence-corrected chi connectivity index (χ3v) is 5.67. The Balaban J connectivity index is 2.85. The van der Waals surface area contributed by atoms with E-state index in [1.165, 1.54) is 12.1 Å². The number of anilines is 1. The SMILES string of the molecule is CC(CCNc1ccccc1S(=O)(=O)C(F)F)S(C)=O. The Kier molecular flexibility index (Phi) is 6.07. The monoisotopic (exact) mass is 325 g/mol. The molecule has 0 bridgehead atoms. The van der Waals surface area contributed by atoms with Crippen molar-refractivity contribution in [3.63, 3.8) is 0 Å². The van der Waals surface area contributed by atoms with Gasteiger partial charge in [0.15, 0.2) is 0 Å². The molecule has 0 saturated heterocycles. The van der Waals surface area contributed by atoms with Gasteiger partial charge in [-0.25, -0.2) is 8.42 Å². The van der Waals surface area contributed by atoms with Gasteiger partial charge in [0.25, 0.3) is 0 Å². The number of rotatable bonds is 7. The van der Waals surface area contributed by atoms with Crippen LogP contribution in [0.4, 0.5) is 14.5 Å². The van der Waals surface area contributed by atoms with E-state index in [0.29, 0.717) is 13.0 Å². The summed E-state index contributed by atoms with van der Waals surface area (Å²) in [7, 11) is -5.61. The first kappa shape index (κ1) is 17.0. The minimum absolute atomic E-state index is 0.0543. The van der Waals surface area contributed by atoms with Crippen LogP contribution in [-0.2, 0) is 20.6 Å². The number of nitrogens with one attached hydrogen (secondary N) is 1. The van der Waals surface area contributed by atoms with E-state index in [2.05, 4.69) is 5.32 Å². The zero-order chi connectivity index (χ0) is 15.3. The minimum atomic E-state index is -4.63. The normalized spacial score (nSPS) is 15.1. The van der Waals surface area contributed by atoms with Crippen LogP contribution in [0, 0.1) is 0 Å². The summed E-state index contributed by atoms with van der Waals surface area (Å²) in [5.74, 6) is -3.45. The average Bonchev–Trinajstić information content (AvgIpc) is 2.38. The molecule has 0 aromatic heterocycles. The maximum absolute atomic E-state index is 12.6. The number of para-hydroxylation sites is 1. The van der Waals surface area contributed by atoms with Gasteiger partial charge in [-0.3, -0.25) is 4.21 Å². The summed E-state index contributed by atoms with van der Waals surface area (Å²) in [6.07, 6.45) is 2.13. The summed E-state index contributed by atoms with van der Waals surface area (Å²) in [5.41, 5.74) is 0.141. The number of hydrogen-bond donors (Lipinski definition) is 1. The fourth-order valence-electron chi connectivity index (χ4n) is 1.53. The maximum Gasteiger partial charge on any atom is 0.341 e. The predicted molar refractivity (Wildman–Crippen MR) is 76.3 cm³/mol. The fraction of sp³-hybridized carbons (Fsp3) is 0.500. The van der Waals surface area contributed by atoms with Gasteiger partial charge in [-0.05, 0) is 18.6 Å². The molecule has 2 unspecified atom stereocenters. The van der Waals surface area contributed by atoms with Crippen LogP contribution in [0.5, 0.6) is 0 Å². The fourth-order valence-corrected chi connectivity index (χ4v) is 2.89. The number of hydrogen-bond acceptors (Lipinski definition) is 4. The van der Waals surface area contributed by atoms with Crippen molar-refractivity contribution in [3.8, 4) is 0 Å². The first-order valence-electron chi connectivity index (χ1n) is 5.94. The van der Waals surface area contributed by atoms with Crippen molar-refractivity contribution in [2.24, 2.45) is 0 Å². The van der Waals surface area contributed by atoms with Gasteiger partial charge >= 0.3 is 5.76 Å². The molecule has 8 heteroatoms. The van der Waals surface area contributed by atoms with Crippen LogP contribution in [0.15, 0.2) is 29.2 Å². The standard InChI is InChI=1S/C12H17F2NO3S2/c1-9(19(2)16)7-8-15-10-5-3-4-6-11(10)20(17,18)12(13)14/h3-6,9,12,15H,7-8H2,1-2H3. The van der Waals surface area contributed by atoms with Gasteiger partial charge in [0.2, 0.25) is 9.84 Å². The second-order valence-corrected chi connectivity index (χ2v) is 8.01. The summed E-state index contributed by atoms with van der Waals surface area (Å²) in [6, 6.07) is 5.53. The Morgan fingerprint density at radius 1 is 1.30 bits per heavy atom. The minimum Gasteiger partial charge on any atom is -0.384 e. The van der Waals surface area contributed by atoms with Crippen molar-refractivity contribution in [3.05, 3.63) is 24.3 Å². The van der Waals surface area contributed by atoms with Gasteiger partial charge < -0.3 is 5.32 Å². The molecule has 0 aliphatic rings. The lowest BCUT2D eigenvalue weighted by atomic mass is 10.3. The predicted octanol–water partition coefficient (Wildman–Crippen LogP) is 2.25. The molecule has 0 aliphatic heterocycles. The lowest BCUT2D eigenvalue weighted by Gasteiger charge is -2.13. The quantitative estimate of drug-likeness (QED) is 0.835. The van der Waals surface area contributed by atoms with Gasteiger partial charge in [-0.2, -0.15) is 8.78 Å². The number of sulfone groups is 1. The zero-order valence-corrected chi connectivity index (χ0v) is 12.8. The van der Waals surface area contributed by atoms with Crippen molar-refractivity contribution >= 4 is 26.3 Å². The van der Waals surface area contributed by atoms with Crippen molar-refractivity contribution in [1.29, 1.82) is 0 Å². The topological polar surface area (TPSA) is 63.2 Å². The molecule has 1 aromatic carbocycles. The number of alkyl halides is 2. The molecular formula is C12H17F2NO3S2. The zero-order valence-electron chi connectivity index (χ0n) is 11.2. The molecule has 0 heterocycles. The Morgan fingerprint density at radius 3 is 2.45 bits per heavy atom. The summed E-state index contributed by atoms with van der Waals surface area (Å²) in [4.78, 5) is -0.416. The van der Waals surface area contributed by atoms with E-state index >= 15 is 0 Å². The van der Waals surface area contributed by atoms with Crippen molar-refractivity contribution in [1.82, 2.24) is 0 Å². The second-order valence-electron chi connectivity index (χ2n) is 4.33. The van der Waals surface area contributed by atoms with E-state index in [-0.39, 0.29) is 10.9 Å². The molecule has 4 nitrogen and oxygen atoms in total. The van der Waals surface area contributed by atoms with Crippen LogP contribution >= 0.6 is 0 Å². The van der Waals surface area contributed by atoms with Crippen LogP contribution in [0.3, 0.4) is 0 Å². The summed E-state index contributed by atoms with van der Waals surface area (Å²) in [5, 5.41) is 2.76. The van der Waals surface area contributed by atoms with E-state index < -0.39 is 31.3 Å². The van der Waals surface area contributed by atoms with Crippen LogP contribution in [0.25, 0.3) is 0 Å². The Morgan fingerprint density at radius 2 is 1.90 bits per heavy atom. The Bertz CT molecular complexity index is 576. The lowest BCUT2D eigenvalue weighted by Crippen LogP contribution is -2.17. The third-order valence-electron chi connectivity index (χ3n) is 2.86. The molecule has 1 N–H and O–H groups in total. The van der Waals surface area contributed by atoms with Gasteiger partial charge in [-0.15, -0.1) is 0 Å². The van der Waals surface area contributed by atoms with E-state index in [0.717, 1.165) is 6.07 Å². The molecule has 0 saturated carbocycles. The molecule has 0 amide bonds. The second kappa shape index (κ2) is 7.12. The van der Waals surface area contributed by atoms with Crippen LogP contribution in [-0.4, -0.2) is 36.4 Å². The molecule has 0 radical (unpaired) electrons. The molecule has 20 heavy (non-hydrogen) atoms. The molecule has 1 rings (SSSR count). The van der Waals surface area contributed by atoms with Crippen LogP contribution in [0.1, 0.15) is 13.3 Å². The van der Waals surface area contributed by atoms with E-state index in [4.69, 9.17) is 0 Å². The maximum atomic E-state index is 12.6. The molecule has 0 fully saturated rings. The average molecular weight is 325 g/mol. The highest BCUT2D eigenvalue weighted by molar-refractivity contribution is 7.91. The third kappa shape index (κ3) is 4.24. The summed E-state index contributed by atoms with van der Waals surface area (Å²) < 4.78 is 59.4. The molecule has 0 spiro atoms. The highest BCUT2D eigenvalue weighted by atomic mass is 32.2. The van der Waals surface area contributed by atoms with Gasteiger partial charge in [0.1, 0.15) is 0 Å². The Hall–Kier alpha value is -1.02. The lowest BCUT2D eigenvalue weighted by molar-refractivity contribution is 0.235. The molecule has 1 aromatic rings. The molecule has 2 atom stereocenters. The smallest absolute Gasteiger partial charge is 0.341 e. The van der Waals surface area contributed by atoms with Crippen LogP contribution in [0.2, 0.25) is 0 Å². The van der Waals surface area contributed by atoms with E-state index in [1.807, 2.05) is 0 Å². The van der Waals surface area contributed by atoms with Crippen LogP contribution < -0.4 is 5.32 Å². The largest absolute Gasteiger partial charge is 0.384 e. The molecular weight excluding hydrogens is 308 g/mol. The molecule has 114 valence electrons. The number of halogens is 2. The van der Waals surface area contributed by atoms with Gasteiger partial charge in [0.05, 0.1) is 10.6 Å². The highest BCUT2D eigenvalue weighted by Crippen LogP contribution is 2.26. The van der Waals surface area contributed by atoms with Crippen molar-refractivity contribution in [2.45, 2.75) is 29.2 Å². The van der Waals surface area contributed by atoms with E-state index in [1.54, 1.807) is 19.2 Å². The number of benzene rings is 1. The molecule has 0 aliphatic carbocycles. The van der Waals surface area contributed by atoms with Crippen molar-refractivity contribution in [2.75, 3.05) is 18.1 Å². The van der Waals surface area contributed by atoms with Crippen molar-refractivity contribution < 1.29 is 21.4 Å².